The van der Waals surface area contributed by atoms with Crippen molar-refractivity contribution in [2.75, 3.05) is 18.0 Å². The summed E-state index contributed by atoms with van der Waals surface area (Å²) in [5.74, 6) is -0.895. The van der Waals surface area contributed by atoms with Crippen molar-refractivity contribution in [3.8, 4) is 0 Å². The fourth-order valence-electron chi connectivity index (χ4n) is 1.91. The first-order chi connectivity index (χ1) is 7.18. The zero-order chi connectivity index (χ0) is 10.8. The number of halogens is 1. The Morgan fingerprint density at radius 3 is 2.60 bits per heavy atom. The molecule has 0 saturated carbocycles. The minimum atomic E-state index is -0.895. The molecular formula is C11H12ClNO2. The number of nitrogens with zero attached hydrogens (tertiary/aromatic N) is 1. The number of rotatable bonds is 2. The zero-order valence-corrected chi connectivity index (χ0v) is 9.00. The lowest BCUT2D eigenvalue weighted by Gasteiger charge is -2.19. The van der Waals surface area contributed by atoms with Crippen LogP contribution in [0.3, 0.4) is 0 Å². The number of carbonyl (C=O) groups is 1. The van der Waals surface area contributed by atoms with Crippen molar-refractivity contribution in [1.29, 1.82) is 0 Å². The van der Waals surface area contributed by atoms with Crippen molar-refractivity contribution in [3.05, 3.63) is 28.8 Å². The Morgan fingerprint density at radius 1 is 1.33 bits per heavy atom. The summed E-state index contributed by atoms with van der Waals surface area (Å²) in [5, 5.41) is 9.63. The van der Waals surface area contributed by atoms with E-state index in [-0.39, 0.29) is 0 Å². The van der Waals surface area contributed by atoms with Crippen molar-refractivity contribution in [1.82, 2.24) is 0 Å². The van der Waals surface area contributed by atoms with Crippen molar-refractivity contribution >= 4 is 23.3 Å². The molecule has 1 aromatic carbocycles. The first kappa shape index (κ1) is 10.3. The average Bonchev–Trinajstić information content (AvgIpc) is 2.69. The Hall–Kier alpha value is -1.22. The van der Waals surface area contributed by atoms with Gasteiger partial charge in [-0.25, -0.2) is 4.79 Å². The van der Waals surface area contributed by atoms with Gasteiger partial charge in [0.15, 0.2) is 0 Å². The molecule has 0 bridgehead atoms. The predicted octanol–water partition coefficient (Wildman–Crippen LogP) is 2.64. The Bertz CT molecular complexity index is 386. The van der Waals surface area contributed by atoms with Crippen molar-refractivity contribution in [3.63, 3.8) is 0 Å². The van der Waals surface area contributed by atoms with Gasteiger partial charge in [-0.1, -0.05) is 11.6 Å². The second kappa shape index (κ2) is 4.11. The fourth-order valence-corrected chi connectivity index (χ4v) is 2.07. The molecule has 0 unspecified atom stereocenters. The molecule has 15 heavy (non-hydrogen) atoms. The van der Waals surface area contributed by atoms with Crippen LogP contribution in [-0.2, 0) is 0 Å². The van der Waals surface area contributed by atoms with Crippen LogP contribution >= 0.6 is 11.6 Å². The van der Waals surface area contributed by atoms with E-state index in [4.69, 9.17) is 16.7 Å². The van der Waals surface area contributed by atoms with Crippen molar-refractivity contribution in [2.45, 2.75) is 12.8 Å². The van der Waals surface area contributed by atoms with Gasteiger partial charge in [-0.05, 0) is 31.0 Å². The van der Waals surface area contributed by atoms with E-state index in [0.717, 1.165) is 31.6 Å². The third-order valence-corrected chi connectivity index (χ3v) is 2.87. The molecule has 0 spiro atoms. The summed E-state index contributed by atoms with van der Waals surface area (Å²) in [4.78, 5) is 13.1. The third kappa shape index (κ3) is 2.07. The smallest absolute Gasteiger partial charge is 0.337 e. The lowest BCUT2D eigenvalue weighted by Crippen LogP contribution is -2.20. The van der Waals surface area contributed by atoms with Gasteiger partial charge in [0.1, 0.15) is 0 Å². The maximum atomic E-state index is 11.0. The van der Waals surface area contributed by atoms with E-state index < -0.39 is 5.97 Å². The standard InChI is InChI=1S/C11H12ClNO2/c12-8-3-4-9(11(14)15)10(7-8)13-5-1-2-6-13/h3-4,7H,1-2,5-6H2,(H,14,15). The molecule has 1 fully saturated rings. The normalized spacial score (nSPS) is 15.7. The number of carboxylic acid groups (broad SMARTS) is 1. The van der Waals surface area contributed by atoms with E-state index in [1.165, 1.54) is 0 Å². The monoisotopic (exact) mass is 225 g/mol. The summed E-state index contributed by atoms with van der Waals surface area (Å²) in [7, 11) is 0. The molecule has 0 amide bonds. The first-order valence-corrected chi connectivity index (χ1v) is 5.34. The summed E-state index contributed by atoms with van der Waals surface area (Å²) in [6.45, 7) is 1.83. The van der Waals surface area contributed by atoms with Gasteiger partial charge in [0, 0.05) is 18.1 Å². The number of hydrogen-bond donors (Lipinski definition) is 1. The molecule has 2 rings (SSSR count). The average molecular weight is 226 g/mol. The van der Waals surface area contributed by atoms with E-state index in [1.54, 1.807) is 18.2 Å². The summed E-state index contributed by atoms with van der Waals surface area (Å²) < 4.78 is 0. The van der Waals surface area contributed by atoms with Gasteiger partial charge in [0.2, 0.25) is 0 Å². The van der Waals surface area contributed by atoms with E-state index in [1.807, 2.05) is 0 Å². The highest BCUT2D eigenvalue weighted by Crippen LogP contribution is 2.27. The van der Waals surface area contributed by atoms with Gasteiger partial charge in [-0.2, -0.15) is 0 Å². The van der Waals surface area contributed by atoms with Gasteiger partial charge in [-0.3, -0.25) is 0 Å². The SMILES string of the molecule is O=C(O)c1ccc(Cl)cc1N1CCCC1. The third-order valence-electron chi connectivity index (χ3n) is 2.64. The Kier molecular flexibility index (Phi) is 2.82. The van der Waals surface area contributed by atoms with Crippen LogP contribution in [-0.4, -0.2) is 24.2 Å². The van der Waals surface area contributed by atoms with Crippen LogP contribution in [0.15, 0.2) is 18.2 Å². The maximum absolute atomic E-state index is 11.0. The molecule has 1 aliphatic heterocycles. The Balaban J connectivity index is 2.41. The molecule has 1 aliphatic rings. The topological polar surface area (TPSA) is 40.5 Å². The van der Waals surface area contributed by atoms with Crippen LogP contribution in [0.1, 0.15) is 23.2 Å². The van der Waals surface area contributed by atoms with E-state index in [0.29, 0.717) is 10.6 Å². The lowest BCUT2D eigenvalue weighted by molar-refractivity contribution is 0.0697. The van der Waals surface area contributed by atoms with Gasteiger partial charge in [0.05, 0.1) is 11.3 Å². The zero-order valence-electron chi connectivity index (χ0n) is 8.24. The minimum absolute atomic E-state index is 0.335. The summed E-state index contributed by atoms with van der Waals surface area (Å²) >= 11 is 5.88. The number of hydrogen-bond acceptors (Lipinski definition) is 2. The van der Waals surface area contributed by atoms with Gasteiger partial charge < -0.3 is 10.0 Å². The molecule has 0 radical (unpaired) electrons. The number of carboxylic acids is 1. The fraction of sp³-hybridized carbons (Fsp3) is 0.364. The highest BCUT2D eigenvalue weighted by atomic mass is 35.5. The van der Waals surface area contributed by atoms with Crippen LogP contribution in [0.5, 0.6) is 0 Å². The Morgan fingerprint density at radius 2 is 2.00 bits per heavy atom. The molecule has 4 heteroatoms. The van der Waals surface area contributed by atoms with Crippen LogP contribution in [0, 0.1) is 0 Å². The van der Waals surface area contributed by atoms with Crippen LogP contribution < -0.4 is 4.90 Å². The maximum Gasteiger partial charge on any atom is 0.337 e. The van der Waals surface area contributed by atoms with Crippen LogP contribution in [0.25, 0.3) is 0 Å². The van der Waals surface area contributed by atoms with Crippen LogP contribution in [0.2, 0.25) is 5.02 Å². The van der Waals surface area contributed by atoms with E-state index in [9.17, 15) is 4.79 Å². The van der Waals surface area contributed by atoms with Crippen LogP contribution in [0.4, 0.5) is 5.69 Å². The van der Waals surface area contributed by atoms with Crippen molar-refractivity contribution < 1.29 is 9.90 Å². The molecule has 0 atom stereocenters. The number of aromatic carboxylic acids is 1. The van der Waals surface area contributed by atoms with E-state index >= 15 is 0 Å². The molecule has 1 aromatic rings. The lowest BCUT2D eigenvalue weighted by atomic mass is 10.1. The summed E-state index contributed by atoms with van der Waals surface area (Å²) in [6.07, 6.45) is 2.23. The molecular weight excluding hydrogens is 214 g/mol. The summed E-state index contributed by atoms with van der Waals surface area (Å²) in [6, 6.07) is 4.92. The molecule has 0 aromatic heterocycles. The predicted molar refractivity (Wildman–Crippen MR) is 59.9 cm³/mol. The quantitative estimate of drug-likeness (QED) is 0.841. The van der Waals surface area contributed by atoms with Gasteiger partial charge in [-0.15, -0.1) is 0 Å². The Labute approximate surface area is 93.3 Å². The second-order valence-corrected chi connectivity index (χ2v) is 4.10. The molecule has 1 saturated heterocycles. The highest BCUT2D eigenvalue weighted by molar-refractivity contribution is 6.31. The van der Waals surface area contributed by atoms with Crippen molar-refractivity contribution in [2.24, 2.45) is 0 Å². The largest absolute Gasteiger partial charge is 0.478 e. The number of anilines is 1. The van der Waals surface area contributed by atoms with E-state index in [2.05, 4.69) is 4.90 Å². The molecule has 1 N–H and O–H groups in total. The molecule has 1 heterocycles. The minimum Gasteiger partial charge on any atom is -0.478 e. The number of benzene rings is 1. The molecule has 3 nitrogen and oxygen atoms in total. The molecule has 0 aliphatic carbocycles. The highest BCUT2D eigenvalue weighted by Gasteiger charge is 2.19. The molecule has 80 valence electrons. The van der Waals surface area contributed by atoms with Gasteiger partial charge >= 0.3 is 5.97 Å². The van der Waals surface area contributed by atoms with Gasteiger partial charge in [0.25, 0.3) is 0 Å². The summed E-state index contributed by atoms with van der Waals surface area (Å²) in [5.41, 5.74) is 1.08. The second-order valence-electron chi connectivity index (χ2n) is 3.66. The first-order valence-electron chi connectivity index (χ1n) is 4.96.